The summed E-state index contributed by atoms with van der Waals surface area (Å²) in [6, 6.07) is 11.0. The average molecular weight is 430 g/mol. The van der Waals surface area contributed by atoms with E-state index in [-0.39, 0.29) is 17.9 Å². The number of carboxylic acids is 1. The largest absolute Gasteiger partial charge is 0.480 e. The van der Waals surface area contributed by atoms with Gasteiger partial charge in [0.2, 0.25) is 10.0 Å². The number of nitrogens with one attached hydrogen (secondary N) is 1. The van der Waals surface area contributed by atoms with Crippen LogP contribution in [0.2, 0.25) is 5.02 Å². The van der Waals surface area contributed by atoms with E-state index in [0.717, 1.165) is 5.56 Å². The van der Waals surface area contributed by atoms with Gasteiger partial charge in [0, 0.05) is 16.5 Å². The molecule has 9 heteroatoms. The molecule has 0 saturated carbocycles. The highest BCUT2D eigenvalue weighted by Crippen LogP contribution is 2.20. The SMILES string of the molecule is Cc1ccc(CCNS(=O)(=O)c2ccc(Cl)cc2)c(S(=O)C(C)C(=O)O)c1. The highest BCUT2D eigenvalue weighted by atomic mass is 35.5. The molecule has 0 saturated heterocycles. The molecule has 2 rings (SSSR count). The summed E-state index contributed by atoms with van der Waals surface area (Å²) in [4.78, 5) is 11.7. The van der Waals surface area contributed by atoms with Gasteiger partial charge in [-0.3, -0.25) is 9.00 Å². The second kappa shape index (κ2) is 8.97. The van der Waals surface area contributed by atoms with E-state index in [1.807, 2.05) is 13.0 Å². The van der Waals surface area contributed by atoms with Crippen molar-refractivity contribution in [2.45, 2.75) is 35.3 Å². The quantitative estimate of drug-likeness (QED) is 0.672. The van der Waals surface area contributed by atoms with Gasteiger partial charge >= 0.3 is 5.97 Å². The second-order valence-corrected chi connectivity index (χ2v) is 9.94. The van der Waals surface area contributed by atoms with E-state index in [1.165, 1.54) is 31.2 Å². The zero-order chi connectivity index (χ0) is 20.2. The van der Waals surface area contributed by atoms with Crippen LogP contribution in [0, 0.1) is 6.92 Å². The predicted molar refractivity (Wildman–Crippen MR) is 105 cm³/mol. The van der Waals surface area contributed by atoms with Gasteiger partial charge in [0.05, 0.1) is 15.7 Å². The molecule has 146 valence electrons. The molecule has 2 aromatic rings. The topological polar surface area (TPSA) is 101 Å². The summed E-state index contributed by atoms with van der Waals surface area (Å²) < 4.78 is 39.7. The summed E-state index contributed by atoms with van der Waals surface area (Å²) >= 11 is 5.77. The van der Waals surface area contributed by atoms with Crippen LogP contribution in [-0.2, 0) is 32.0 Å². The first-order valence-electron chi connectivity index (χ1n) is 8.10. The molecule has 2 N–H and O–H groups in total. The number of aliphatic carboxylic acids is 1. The van der Waals surface area contributed by atoms with Crippen LogP contribution in [-0.4, -0.2) is 35.5 Å². The Morgan fingerprint density at radius 1 is 1.22 bits per heavy atom. The number of carboxylic acid groups (broad SMARTS) is 1. The summed E-state index contributed by atoms with van der Waals surface area (Å²) in [5.74, 6) is -1.15. The van der Waals surface area contributed by atoms with Gasteiger partial charge in [-0.05, 0) is 61.7 Å². The van der Waals surface area contributed by atoms with Crippen LogP contribution in [0.3, 0.4) is 0 Å². The Morgan fingerprint density at radius 2 is 1.85 bits per heavy atom. The van der Waals surface area contributed by atoms with E-state index >= 15 is 0 Å². The molecule has 0 heterocycles. The lowest BCUT2D eigenvalue weighted by molar-refractivity contribution is -0.136. The minimum Gasteiger partial charge on any atom is -0.480 e. The first-order chi connectivity index (χ1) is 12.6. The Balaban J connectivity index is 2.15. The van der Waals surface area contributed by atoms with Crippen molar-refractivity contribution in [3.8, 4) is 0 Å². The van der Waals surface area contributed by atoms with Gasteiger partial charge in [-0.2, -0.15) is 0 Å². The number of hydrogen-bond acceptors (Lipinski definition) is 4. The standard InChI is InChI=1S/C18H20ClNO5S2/c1-12-3-4-14(17(11-12)26(23)13(2)18(21)22)9-10-20-27(24,25)16-7-5-15(19)6-8-16/h3-8,11,13,20H,9-10H2,1-2H3,(H,21,22). The number of hydrogen-bond donors (Lipinski definition) is 2. The van der Waals surface area contributed by atoms with Crippen LogP contribution in [0.5, 0.6) is 0 Å². The molecule has 6 nitrogen and oxygen atoms in total. The van der Waals surface area contributed by atoms with Gasteiger partial charge in [-0.25, -0.2) is 13.1 Å². The van der Waals surface area contributed by atoms with Crippen molar-refractivity contribution in [3.05, 3.63) is 58.6 Å². The van der Waals surface area contributed by atoms with Gasteiger partial charge in [0.25, 0.3) is 0 Å². The smallest absolute Gasteiger partial charge is 0.319 e. The Hall–Kier alpha value is -1.74. The first kappa shape index (κ1) is 21.6. The maximum absolute atomic E-state index is 12.6. The van der Waals surface area contributed by atoms with E-state index in [4.69, 9.17) is 16.7 Å². The summed E-state index contributed by atoms with van der Waals surface area (Å²) in [5, 5.41) is 8.49. The second-order valence-electron chi connectivity index (χ2n) is 5.99. The van der Waals surface area contributed by atoms with Crippen LogP contribution in [0.4, 0.5) is 0 Å². The number of benzene rings is 2. The van der Waals surface area contributed by atoms with Crippen molar-refractivity contribution < 1.29 is 22.5 Å². The molecule has 0 bridgehead atoms. The number of rotatable bonds is 8. The summed E-state index contributed by atoms with van der Waals surface area (Å²) in [7, 11) is -5.43. The zero-order valence-electron chi connectivity index (χ0n) is 14.8. The van der Waals surface area contributed by atoms with Gasteiger partial charge in [0.1, 0.15) is 5.25 Å². The van der Waals surface area contributed by atoms with Crippen molar-refractivity contribution >= 4 is 38.4 Å². The highest BCUT2D eigenvalue weighted by Gasteiger charge is 2.23. The predicted octanol–water partition coefficient (Wildman–Crippen LogP) is 2.75. The molecule has 0 aliphatic rings. The van der Waals surface area contributed by atoms with Gasteiger partial charge in [-0.1, -0.05) is 23.7 Å². The lowest BCUT2D eigenvalue weighted by Gasteiger charge is -2.13. The maximum atomic E-state index is 12.6. The molecule has 0 radical (unpaired) electrons. The molecule has 0 fully saturated rings. The fourth-order valence-corrected chi connectivity index (χ4v) is 4.81. The molecule has 0 aliphatic heterocycles. The minimum absolute atomic E-state index is 0.0830. The Morgan fingerprint density at radius 3 is 2.44 bits per heavy atom. The molecule has 0 aromatic heterocycles. The monoisotopic (exact) mass is 429 g/mol. The number of carbonyl (C=O) groups is 1. The van der Waals surface area contributed by atoms with E-state index in [2.05, 4.69) is 4.72 Å². The van der Waals surface area contributed by atoms with Gasteiger partial charge in [0.15, 0.2) is 0 Å². The molecule has 0 amide bonds. The van der Waals surface area contributed by atoms with E-state index in [9.17, 15) is 17.4 Å². The maximum Gasteiger partial charge on any atom is 0.319 e. The normalized spacial score (nSPS) is 13.9. The molecular weight excluding hydrogens is 410 g/mol. The van der Waals surface area contributed by atoms with Crippen LogP contribution in [0.1, 0.15) is 18.1 Å². The zero-order valence-corrected chi connectivity index (χ0v) is 17.2. The molecule has 0 spiro atoms. The fourth-order valence-electron chi connectivity index (χ4n) is 2.35. The summed E-state index contributed by atoms with van der Waals surface area (Å²) in [6.45, 7) is 3.28. The lowest BCUT2D eigenvalue weighted by atomic mass is 10.1. The van der Waals surface area contributed by atoms with Gasteiger partial charge in [-0.15, -0.1) is 0 Å². The lowest BCUT2D eigenvalue weighted by Crippen LogP contribution is -2.27. The number of aryl methyl sites for hydroxylation is 1. The molecule has 0 aliphatic carbocycles. The van der Waals surface area contributed by atoms with Crippen LogP contribution in [0.25, 0.3) is 0 Å². The van der Waals surface area contributed by atoms with Crippen molar-refractivity contribution in [1.82, 2.24) is 4.72 Å². The van der Waals surface area contributed by atoms with E-state index in [1.54, 1.807) is 12.1 Å². The van der Waals surface area contributed by atoms with Crippen LogP contribution in [0.15, 0.2) is 52.3 Å². The number of halogens is 1. The third-order valence-electron chi connectivity index (χ3n) is 3.92. The molecular formula is C18H20ClNO5S2. The van der Waals surface area contributed by atoms with Gasteiger partial charge < -0.3 is 5.11 Å². The third kappa shape index (κ3) is 5.62. The van der Waals surface area contributed by atoms with Crippen molar-refractivity contribution in [2.75, 3.05) is 6.54 Å². The molecule has 27 heavy (non-hydrogen) atoms. The Kier molecular flexibility index (Phi) is 7.16. The highest BCUT2D eigenvalue weighted by molar-refractivity contribution is 7.89. The average Bonchev–Trinajstić information content (AvgIpc) is 2.61. The molecule has 2 unspecified atom stereocenters. The van der Waals surface area contributed by atoms with E-state index < -0.39 is 32.0 Å². The van der Waals surface area contributed by atoms with Crippen molar-refractivity contribution in [1.29, 1.82) is 0 Å². The number of sulfonamides is 1. The van der Waals surface area contributed by atoms with Crippen molar-refractivity contribution in [3.63, 3.8) is 0 Å². The van der Waals surface area contributed by atoms with Crippen LogP contribution < -0.4 is 4.72 Å². The summed E-state index contributed by atoms with van der Waals surface area (Å²) in [5.41, 5.74) is 1.49. The molecule has 2 atom stereocenters. The van der Waals surface area contributed by atoms with E-state index in [0.29, 0.717) is 15.5 Å². The summed E-state index contributed by atoms with van der Waals surface area (Å²) in [6.07, 6.45) is 0.278. The van der Waals surface area contributed by atoms with Crippen molar-refractivity contribution in [2.24, 2.45) is 0 Å². The molecule has 2 aromatic carbocycles. The Bertz CT molecular complexity index is 958. The van der Waals surface area contributed by atoms with Crippen LogP contribution >= 0.6 is 11.6 Å². The Labute approximate surface area is 166 Å². The minimum atomic E-state index is -3.70. The first-order valence-corrected chi connectivity index (χ1v) is 11.2. The fraction of sp³-hybridized carbons (Fsp3) is 0.278. The third-order valence-corrected chi connectivity index (χ3v) is 7.30.